The average Bonchev–Trinajstić information content (AvgIpc) is 3.12. The fraction of sp³-hybridized carbons (Fsp3) is 0.105. The van der Waals surface area contributed by atoms with Crippen LogP contribution in [-0.2, 0) is 11.3 Å². The van der Waals surface area contributed by atoms with Crippen LogP contribution in [0, 0.1) is 5.82 Å². The van der Waals surface area contributed by atoms with Gasteiger partial charge in [0, 0.05) is 11.3 Å². The van der Waals surface area contributed by atoms with E-state index < -0.39 is 6.04 Å². The Labute approximate surface area is 139 Å². The van der Waals surface area contributed by atoms with Crippen molar-refractivity contribution in [3.8, 4) is 0 Å². The molecule has 0 aliphatic rings. The lowest BCUT2D eigenvalue weighted by Crippen LogP contribution is -2.85. The highest BCUT2D eigenvalue weighted by atomic mass is 19.1. The fourth-order valence-corrected chi connectivity index (χ4v) is 2.47. The molecule has 0 bridgehead atoms. The van der Waals surface area contributed by atoms with E-state index in [9.17, 15) is 9.18 Å². The van der Waals surface area contributed by atoms with E-state index in [0.29, 0.717) is 12.2 Å². The van der Waals surface area contributed by atoms with Crippen molar-refractivity contribution in [1.29, 1.82) is 0 Å². The summed E-state index contributed by atoms with van der Waals surface area (Å²) in [4.78, 5) is 12.7. The Morgan fingerprint density at radius 1 is 1.04 bits per heavy atom. The number of nitrogens with two attached hydrogens (primary N) is 1. The monoisotopic (exact) mass is 325 g/mol. The van der Waals surface area contributed by atoms with Crippen LogP contribution < -0.4 is 10.6 Å². The number of carbonyl (C=O) groups excluding carboxylic acids is 1. The van der Waals surface area contributed by atoms with E-state index in [1.54, 1.807) is 18.4 Å². The molecule has 3 N–H and O–H groups in total. The number of nitrogens with one attached hydrogen (secondary N) is 1. The number of quaternary nitrogens is 1. The maximum absolute atomic E-state index is 13.0. The lowest BCUT2D eigenvalue weighted by molar-refractivity contribution is -0.699. The van der Waals surface area contributed by atoms with Gasteiger partial charge in [0.05, 0.1) is 6.26 Å². The quantitative estimate of drug-likeness (QED) is 0.732. The van der Waals surface area contributed by atoms with Crippen LogP contribution in [0.3, 0.4) is 0 Å². The lowest BCUT2D eigenvalue weighted by atomic mass is 10.1. The standard InChI is InChI=1S/C19H17FN2O2/c20-15-8-10-16(11-9-15)22-19(23)18(14-5-2-1-3-6-14)21-13-17-7-4-12-24-17/h1-12,18,21H,13H2,(H,22,23)/p+1/t18-/m0/s1. The number of amides is 1. The molecule has 5 heteroatoms. The molecule has 0 aliphatic carbocycles. The second kappa shape index (κ2) is 7.57. The van der Waals surface area contributed by atoms with Gasteiger partial charge in [-0.1, -0.05) is 30.3 Å². The number of rotatable bonds is 6. The van der Waals surface area contributed by atoms with Gasteiger partial charge in [-0.3, -0.25) is 4.79 Å². The van der Waals surface area contributed by atoms with E-state index in [1.807, 2.05) is 47.8 Å². The van der Waals surface area contributed by atoms with Crippen molar-refractivity contribution in [2.45, 2.75) is 12.6 Å². The van der Waals surface area contributed by atoms with Crippen LogP contribution >= 0.6 is 0 Å². The van der Waals surface area contributed by atoms with Crippen LogP contribution in [0.15, 0.2) is 77.4 Å². The summed E-state index contributed by atoms with van der Waals surface area (Å²) in [7, 11) is 0. The number of halogens is 1. The van der Waals surface area contributed by atoms with Gasteiger partial charge in [-0.2, -0.15) is 0 Å². The van der Waals surface area contributed by atoms with Crippen LogP contribution in [-0.4, -0.2) is 5.91 Å². The molecule has 0 spiro atoms. The summed E-state index contributed by atoms with van der Waals surface area (Å²) in [5, 5.41) is 4.74. The Bertz CT molecular complexity index is 771. The van der Waals surface area contributed by atoms with Crippen LogP contribution in [0.5, 0.6) is 0 Å². The van der Waals surface area contributed by atoms with Crippen molar-refractivity contribution in [3.05, 3.63) is 90.1 Å². The van der Waals surface area contributed by atoms with Gasteiger partial charge in [0.25, 0.3) is 5.91 Å². The minimum absolute atomic E-state index is 0.167. The Morgan fingerprint density at radius 2 is 1.79 bits per heavy atom. The Balaban J connectivity index is 1.75. The molecule has 0 aliphatic heterocycles. The predicted molar refractivity (Wildman–Crippen MR) is 88.6 cm³/mol. The van der Waals surface area contributed by atoms with Crippen LogP contribution in [0.1, 0.15) is 17.4 Å². The molecule has 4 nitrogen and oxygen atoms in total. The van der Waals surface area contributed by atoms with Crippen molar-refractivity contribution in [2.24, 2.45) is 0 Å². The topological polar surface area (TPSA) is 58.9 Å². The van der Waals surface area contributed by atoms with Crippen molar-refractivity contribution < 1.29 is 18.9 Å². The molecule has 3 rings (SSSR count). The summed E-state index contributed by atoms with van der Waals surface area (Å²) in [6.45, 7) is 0.545. The molecule has 24 heavy (non-hydrogen) atoms. The zero-order valence-electron chi connectivity index (χ0n) is 13.0. The smallest absolute Gasteiger partial charge is 0.287 e. The minimum Gasteiger partial charge on any atom is -0.463 e. The van der Waals surface area contributed by atoms with Gasteiger partial charge < -0.3 is 15.1 Å². The summed E-state index contributed by atoms with van der Waals surface area (Å²) in [5.41, 5.74) is 1.46. The highest BCUT2D eigenvalue weighted by Crippen LogP contribution is 2.14. The van der Waals surface area contributed by atoms with Gasteiger partial charge >= 0.3 is 0 Å². The van der Waals surface area contributed by atoms with Gasteiger partial charge in [-0.15, -0.1) is 0 Å². The minimum atomic E-state index is -0.429. The molecule has 0 fully saturated rings. The molecule has 0 unspecified atom stereocenters. The molecular formula is C19H18FN2O2+. The molecule has 0 radical (unpaired) electrons. The SMILES string of the molecule is O=C(Nc1ccc(F)cc1)[C@@H]([NH2+]Cc1ccco1)c1ccccc1. The zero-order valence-corrected chi connectivity index (χ0v) is 13.0. The first kappa shape index (κ1) is 16.0. The summed E-state index contributed by atoms with van der Waals surface area (Å²) >= 11 is 0. The highest BCUT2D eigenvalue weighted by Gasteiger charge is 2.24. The van der Waals surface area contributed by atoms with E-state index in [0.717, 1.165) is 11.3 Å². The molecule has 0 saturated heterocycles. The van der Waals surface area contributed by atoms with Crippen LogP contribution in [0.4, 0.5) is 10.1 Å². The lowest BCUT2D eigenvalue weighted by Gasteiger charge is -2.15. The number of hydrogen-bond donors (Lipinski definition) is 2. The summed E-state index contributed by atoms with van der Waals surface area (Å²) < 4.78 is 18.3. The van der Waals surface area contributed by atoms with Crippen molar-refractivity contribution >= 4 is 11.6 Å². The van der Waals surface area contributed by atoms with Crippen molar-refractivity contribution in [3.63, 3.8) is 0 Å². The van der Waals surface area contributed by atoms with Gasteiger partial charge in [-0.25, -0.2) is 4.39 Å². The number of furan rings is 1. The molecular weight excluding hydrogens is 307 g/mol. The maximum Gasteiger partial charge on any atom is 0.287 e. The van der Waals surface area contributed by atoms with Crippen molar-refractivity contribution in [1.82, 2.24) is 0 Å². The largest absolute Gasteiger partial charge is 0.463 e. The number of benzene rings is 2. The highest BCUT2D eigenvalue weighted by molar-refractivity contribution is 5.94. The molecule has 1 amide bonds. The third-order valence-corrected chi connectivity index (χ3v) is 3.69. The third-order valence-electron chi connectivity index (χ3n) is 3.69. The zero-order chi connectivity index (χ0) is 16.8. The van der Waals surface area contributed by atoms with Crippen LogP contribution in [0.25, 0.3) is 0 Å². The van der Waals surface area contributed by atoms with E-state index in [1.165, 1.54) is 12.1 Å². The molecule has 0 saturated carbocycles. The Kier molecular flexibility index (Phi) is 5.03. The van der Waals surface area contributed by atoms with E-state index in [2.05, 4.69) is 5.32 Å². The summed E-state index contributed by atoms with van der Waals surface area (Å²) in [5.74, 6) is 0.293. The van der Waals surface area contributed by atoms with Gasteiger partial charge in [-0.05, 0) is 36.4 Å². The first-order valence-electron chi connectivity index (χ1n) is 7.69. The second-order valence-corrected chi connectivity index (χ2v) is 5.40. The van der Waals surface area contributed by atoms with Gasteiger partial charge in [0.1, 0.15) is 12.4 Å². The summed E-state index contributed by atoms with van der Waals surface area (Å²) in [6.07, 6.45) is 1.61. The number of hydrogen-bond acceptors (Lipinski definition) is 2. The van der Waals surface area contributed by atoms with E-state index in [-0.39, 0.29) is 11.7 Å². The summed E-state index contributed by atoms with van der Waals surface area (Å²) in [6, 6.07) is 18.5. The molecule has 122 valence electrons. The van der Waals surface area contributed by atoms with E-state index >= 15 is 0 Å². The molecule has 3 aromatic rings. The first-order chi connectivity index (χ1) is 11.7. The number of anilines is 1. The second-order valence-electron chi connectivity index (χ2n) is 5.40. The normalized spacial score (nSPS) is 11.9. The number of carbonyl (C=O) groups is 1. The van der Waals surface area contributed by atoms with Crippen molar-refractivity contribution in [2.75, 3.05) is 5.32 Å². The third kappa shape index (κ3) is 4.08. The Morgan fingerprint density at radius 3 is 2.46 bits per heavy atom. The molecule has 1 atom stereocenters. The predicted octanol–water partition coefficient (Wildman–Crippen LogP) is 2.86. The average molecular weight is 325 g/mol. The first-order valence-corrected chi connectivity index (χ1v) is 7.69. The Hall–Kier alpha value is -2.92. The maximum atomic E-state index is 13.0. The fourth-order valence-electron chi connectivity index (χ4n) is 2.47. The van der Waals surface area contributed by atoms with Gasteiger partial charge in [0.15, 0.2) is 11.8 Å². The molecule has 2 aromatic carbocycles. The van der Waals surface area contributed by atoms with E-state index in [4.69, 9.17) is 4.42 Å². The van der Waals surface area contributed by atoms with Crippen LogP contribution in [0.2, 0.25) is 0 Å². The molecule has 1 heterocycles. The molecule has 1 aromatic heterocycles. The van der Waals surface area contributed by atoms with Gasteiger partial charge in [0.2, 0.25) is 0 Å².